The van der Waals surface area contributed by atoms with E-state index in [9.17, 15) is 0 Å². The van der Waals surface area contributed by atoms with Gasteiger partial charge in [0.05, 0.1) is 6.61 Å². The Labute approximate surface area is 108 Å². The van der Waals surface area contributed by atoms with Gasteiger partial charge in [0.1, 0.15) is 18.5 Å². The third-order valence-corrected chi connectivity index (χ3v) is 3.48. The van der Waals surface area contributed by atoms with Gasteiger partial charge in [-0.2, -0.15) is 0 Å². The van der Waals surface area contributed by atoms with Crippen LogP contribution in [0.5, 0.6) is 0 Å². The SMILES string of the molecule is C1=CCC2=C(CC=C2)C(OCC2CNCCO2)=C1. The summed E-state index contributed by atoms with van der Waals surface area (Å²) in [6.07, 6.45) is 12.9. The van der Waals surface area contributed by atoms with Crippen molar-refractivity contribution >= 4 is 0 Å². The molecule has 3 aliphatic rings. The number of allylic oxidation sites excluding steroid dienone is 7. The van der Waals surface area contributed by atoms with Gasteiger partial charge in [-0.3, -0.25) is 0 Å². The van der Waals surface area contributed by atoms with E-state index in [-0.39, 0.29) is 6.10 Å². The molecule has 1 atom stereocenters. The third-order valence-electron chi connectivity index (χ3n) is 3.48. The number of hydrogen-bond acceptors (Lipinski definition) is 3. The van der Waals surface area contributed by atoms with Gasteiger partial charge in [0.2, 0.25) is 0 Å². The van der Waals surface area contributed by atoms with Gasteiger partial charge >= 0.3 is 0 Å². The molecule has 1 unspecified atom stereocenters. The minimum Gasteiger partial charge on any atom is -0.491 e. The predicted molar refractivity (Wildman–Crippen MR) is 71.2 cm³/mol. The van der Waals surface area contributed by atoms with E-state index in [4.69, 9.17) is 9.47 Å². The van der Waals surface area contributed by atoms with E-state index in [1.807, 2.05) is 0 Å². The van der Waals surface area contributed by atoms with Crippen molar-refractivity contribution in [3.8, 4) is 0 Å². The van der Waals surface area contributed by atoms with Crippen LogP contribution in [0, 0.1) is 0 Å². The van der Waals surface area contributed by atoms with Crippen LogP contribution < -0.4 is 5.32 Å². The Hall–Kier alpha value is -1.32. The lowest BCUT2D eigenvalue weighted by atomic mass is 10.1. The average Bonchev–Trinajstić information content (AvgIpc) is 2.80. The first-order chi connectivity index (χ1) is 8.93. The fourth-order valence-corrected chi connectivity index (χ4v) is 2.50. The molecule has 18 heavy (non-hydrogen) atoms. The first-order valence-electron chi connectivity index (χ1n) is 6.64. The largest absolute Gasteiger partial charge is 0.491 e. The van der Waals surface area contributed by atoms with Crippen LogP contribution in [0.2, 0.25) is 0 Å². The van der Waals surface area contributed by atoms with Crippen molar-refractivity contribution in [2.75, 3.05) is 26.3 Å². The monoisotopic (exact) mass is 245 g/mol. The summed E-state index contributed by atoms with van der Waals surface area (Å²) in [7, 11) is 0. The zero-order valence-electron chi connectivity index (χ0n) is 10.5. The van der Waals surface area contributed by atoms with Gasteiger partial charge in [-0.05, 0) is 24.5 Å². The Bertz CT molecular complexity index is 426. The smallest absolute Gasteiger partial charge is 0.123 e. The van der Waals surface area contributed by atoms with E-state index >= 15 is 0 Å². The molecule has 3 nitrogen and oxygen atoms in total. The summed E-state index contributed by atoms with van der Waals surface area (Å²) in [4.78, 5) is 0. The second-order valence-electron chi connectivity index (χ2n) is 4.78. The van der Waals surface area contributed by atoms with E-state index in [1.54, 1.807) is 0 Å². The predicted octanol–water partition coefficient (Wildman–Crippen LogP) is 2.09. The highest BCUT2D eigenvalue weighted by atomic mass is 16.5. The fraction of sp³-hybridized carbons (Fsp3) is 0.467. The van der Waals surface area contributed by atoms with Gasteiger partial charge in [-0.1, -0.05) is 24.3 Å². The normalized spacial score (nSPS) is 26.9. The first kappa shape index (κ1) is 11.8. The lowest BCUT2D eigenvalue weighted by molar-refractivity contribution is -0.0143. The minimum atomic E-state index is 0.172. The van der Waals surface area contributed by atoms with Gasteiger partial charge in [-0.25, -0.2) is 0 Å². The van der Waals surface area contributed by atoms with Gasteiger partial charge in [0.25, 0.3) is 0 Å². The van der Waals surface area contributed by atoms with Crippen molar-refractivity contribution in [1.29, 1.82) is 0 Å². The summed E-state index contributed by atoms with van der Waals surface area (Å²) >= 11 is 0. The first-order valence-corrected chi connectivity index (χ1v) is 6.64. The molecule has 0 bridgehead atoms. The highest BCUT2D eigenvalue weighted by Crippen LogP contribution is 2.30. The molecular formula is C15H19NO2. The molecule has 3 rings (SSSR count). The second kappa shape index (κ2) is 5.55. The van der Waals surface area contributed by atoms with Crippen LogP contribution in [0.1, 0.15) is 12.8 Å². The highest BCUT2D eigenvalue weighted by molar-refractivity contribution is 5.47. The molecule has 0 spiro atoms. The fourth-order valence-electron chi connectivity index (χ4n) is 2.50. The van der Waals surface area contributed by atoms with E-state index < -0.39 is 0 Å². The van der Waals surface area contributed by atoms with Crippen molar-refractivity contribution in [3.05, 3.63) is 47.3 Å². The molecule has 1 aliphatic heterocycles. The van der Waals surface area contributed by atoms with Gasteiger partial charge in [0, 0.05) is 18.7 Å². The van der Waals surface area contributed by atoms with Crippen LogP contribution in [0.4, 0.5) is 0 Å². The summed E-state index contributed by atoms with van der Waals surface area (Å²) in [6.45, 7) is 3.24. The number of ether oxygens (including phenoxy) is 2. The minimum absolute atomic E-state index is 0.172. The zero-order chi connectivity index (χ0) is 12.2. The van der Waals surface area contributed by atoms with Gasteiger partial charge in [-0.15, -0.1) is 0 Å². The molecule has 1 fully saturated rings. The molecule has 0 aromatic heterocycles. The van der Waals surface area contributed by atoms with Crippen molar-refractivity contribution in [2.24, 2.45) is 0 Å². The number of hydrogen-bond donors (Lipinski definition) is 1. The molecule has 1 saturated heterocycles. The van der Waals surface area contributed by atoms with Crippen LogP contribution in [-0.4, -0.2) is 32.4 Å². The maximum absolute atomic E-state index is 5.96. The lowest BCUT2D eigenvalue weighted by Gasteiger charge is -2.24. The molecule has 0 radical (unpaired) electrons. The topological polar surface area (TPSA) is 30.5 Å². The van der Waals surface area contributed by atoms with Crippen LogP contribution in [0.15, 0.2) is 47.3 Å². The average molecular weight is 245 g/mol. The Kier molecular flexibility index (Phi) is 3.62. The second-order valence-corrected chi connectivity index (χ2v) is 4.78. The standard InChI is InChI=1S/C15H19NO2/c1-2-7-15(14-6-3-5-12(14)4-1)18-11-13-10-16-8-9-17-13/h1-3,5,7,13,16H,4,6,8-11H2. The van der Waals surface area contributed by atoms with E-state index in [1.165, 1.54) is 11.1 Å². The van der Waals surface area contributed by atoms with Crippen molar-refractivity contribution in [2.45, 2.75) is 18.9 Å². The number of rotatable bonds is 3. The van der Waals surface area contributed by atoms with E-state index in [0.29, 0.717) is 6.61 Å². The maximum Gasteiger partial charge on any atom is 0.123 e. The summed E-state index contributed by atoms with van der Waals surface area (Å²) in [5, 5.41) is 3.32. The van der Waals surface area contributed by atoms with Crippen LogP contribution in [0.3, 0.4) is 0 Å². The van der Waals surface area contributed by atoms with Crippen LogP contribution in [-0.2, 0) is 9.47 Å². The molecule has 0 aromatic carbocycles. The zero-order valence-corrected chi connectivity index (χ0v) is 10.5. The summed E-state index contributed by atoms with van der Waals surface area (Å²) < 4.78 is 11.6. The molecule has 2 aliphatic carbocycles. The molecule has 0 aromatic rings. The Morgan fingerprint density at radius 2 is 2.33 bits per heavy atom. The Morgan fingerprint density at radius 1 is 1.33 bits per heavy atom. The molecule has 0 amide bonds. The van der Waals surface area contributed by atoms with Crippen LogP contribution in [0.25, 0.3) is 0 Å². The third kappa shape index (κ3) is 2.57. The molecule has 96 valence electrons. The summed E-state index contributed by atoms with van der Waals surface area (Å²) in [5.41, 5.74) is 2.72. The van der Waals surface area contributed by atoms with Crippen molar-refractivity contribution < 1.29 is 9.47 Å². The molecule has 3 heteroatoms. The molecule has 0 saturated carbocycles. The highest BCUT2D eigenvalue weighted by Gasteiger charge is 2.18. The summed E-state index contributed by atoms with van der Waals surface area (Å²) in [5.74, 6) is 1.01. The van der Waals surface area contributed by atoms with Gasteiger partial charge in [0.15, 0.2) is 0 Å². The van der Waals surface area contributed by atoms with Gasteiger partial charge < -0.3 is 14.8 Å². The van der Waals surface area contributed by atoms with Crippen molar-refractivity contribution in [1.82, 2.24) is 5.32 Å². The maximum atomic E-state index is 5.96. The van der Waals surface area contributed by atoms with Crippen LogP contribution >= 0.6 is 0 Å². The quantitative estimate of drug-likeness (QED) is 0.826. The van der Waals surface area contributed by atoms with E-state index in [2.05, 4.69) is 35.7 Å². The number of morpholine rings is 1. The summed E-state index contributed by atoms with van der Waals surface area (Å²) in [6, 6.07) is 0. The molecule has 1 N–H and O–H groups in total. The number of nitrogens with one attached hydrogen (secondary N) is 1. The molecular weight excluding hydrogens is 226 g/mol. The Balaban J connectivity index is 1.62. The molecule has 1 heterocycles. The van der Waals surface area contributed by atoms with E-state index in [0.717, 1.165) is 38.3 Å². The lowest BCUT2D eigenvalue weighted by Crippen LogP contribution is -2.41. The van der Waals surface area contributed by atoms with Crippen molar-refractivity contribution in [3.63, 3.8) is 0 Å². The Morgan fingerprint density at radius 3 is 3.22 bits per heavy atom.